The highest BCUT2D eigenvalue weighted by Gasteiger charge is 2.27. The van der Waals surface area contributed by atoms with Gasteiger partial charge in [0.1, 0.15) is 0 Å². The molecule has 1 atom stereocenters. The van der Waals surface area contributed by atoms with Gasteiger partial charge >= 0.3 is 0 Å². The lowest BCUT2D eigenvalue weighted by atomic mass is 9.93. The summed E-state index contributed by atoms with van der Waals surface area (Å²) < 4.78 is 0. The van der Waals surface area contributed by atoms with E-state index in [9.17, 15) is 4.79 Å². The molecule has 0 saturated carbocycles. The Morgan fingerprint density at radius 2 is 2.15 bits per heavy atom. The number of hydrogen-bond donors (Lipinski definition) is 2. The van der Waals surface area contributed by atoms with Crippen LogP contribution in [0.15, 0.2) is 10.4 Å². The Hall–Kier alpha value is -0.900. The number of halogens is 1. The number of amides is 1. The first-order chi connectivity index (χ1) is 12.2. The fourth-order valence-corrected chi connectivity index (χ4v) is 3.91. The van der Waals surface area contributed by atoms with E-state index in [1.165, 1.54) is 0 Å². The molecule has 1 aromatic rings. The topological polar surface area (TPSA) is 69.6 Å². The second-order valence-corrected chi connectivity index (χ2v) is 9.14. The molecule has 2 rings (SSSR count). The Balaban J connectivity index is 0.00000364. The third-order valence-corrected chi connectivity index (χ3v) is 5.42. The standard InChI is InChI=1S/C19H33N5OS.HI/c1-13(2)17(25)24-10-8-14(11-24)22-18(20-6)21-9-7-16-23-15(12-26-16)19(3,4)5;/h12-14H,7-11H2,1-6H3,(H2,20,21,22);1H. The molecule has 2 N–H and O–H groups in total. The largest absolute Gasteiger partial charge is 0.356 e. The second kappa shape index (κ2) is 10.6. The molecule has 0 aromatic carbocycles. The molecular weight excluding hydrogens is 473 g/mol. The van der Waals surface area contributed by atoms with Gasteiger partial charge in [-0.05, 0) is 6.42 Å². The van der Waals surface area contributed by atoms with Crippen molar-refractivity contribution in [3.8, 4) is 0 Å². The zero-order chi connectivity index (χ0) is 19.3. The van der Waals surface area contributed by atoms with E-state index < -0.39 is 0 Å². The molecule has 0 spiro atoms. The third kappa shape index (κ3) is 7.21. The average molecular weight is 507 g/mol. The fourth-order valence-electron chi connectivity index (χ4n) is 2.89. The summed E-state index contributed by atoms with van der Waals surface area (Å²) in [5.74, 6) is 1.08. The number of nitrogens with one attached hydrogen (secondary N) is 2. The molecule has 1 aromatic heterocycles. The zero-order valence-electron chi connectivity index (χ0n) is 17.3. The van der Waals surface area contributed by atoms with Crippen molar-refractivity contribution in [3.05, 3.63) is 16.1 Å². The number of aliphatic imine (C=N–C) groups is 1. The number of aromatic nitrogens is 1. The van der Waals surface area contributed by atoms with Gasteiger partial charge in [0, 0.05) is 55.9 Å². The van der Waals surface area contributed by atoms with Gasteiger partial charge in [-0.25, -0.2) is 4.98 Å². The molecule has 0 radical (unpaired) electrons. The maximum absolute atomic E-state index is 12.1. The number of thiazole rings is 1. The van der Waals surface area contributed by atoms with Crippen molar-refractivity contribution in [2.24, 2.45) is 10.9 Å². The highest BCUT2D eigenvalue weighted by Crippen LogP contribution is 2.23. The number of rotatable bonds is 5. The Morgan fingerprint density at radius 3 is 2.70 bits per heavy atom. The van der Waals surface area contributed by atoms with Crippen molar-refractivity contribution in [3.63, 3.8) is 0 Å². The number of hydrogen-bond acceptors (Lipinski definition) is 4. The summed E-state index contributed by atoms with van der Waals surface area (Å²) in [7, 11) is 1.78. The van der Waals surface area contributed by atoms with Gasteiger partial charge in [-0.3, -0.25) is 9.79 Å². The normalized spacial score (nSPS) is 17.8. The highest BCUT2D eigenvalue weighted by molar-refractivity contribution is 14.0. The molecule has 1 saturated heterocycles. The Labute approximate surface area is 184 Å². The molecule has 1 aliphatic heterocycles. The van der Waals surface area contributed by atoms with Crippen LogP contribution in [0.25, 0.3) is 0 Å². The van der Waals surface area contributed by atoms with E-state index in [1.807, 2.05) is 18.7 Å². The van der Waals surface area contributed by atoms with E-state index in [4.69, 9.17) is 4.98 Å². The Kier molecular flexibility index (Phi) is 9.47. The van der Waals surface area contributed by atoms with Crippen LogP contribution in [0.5, 0.6) is 0 Å². The second-order valence-electron chi connectivity index (χ2n) is 8.19. The lowest BCUT2D eigenvalue weighted by molar-refractivity contribution is -0.133. The van der Waals surface area contributed by atoms with Gasteiger partial charge in [0.25, 0.3) is 0 Å². The molecule has 1 fully saturated rings. The van der Waals surface area contributed by atoms with Crippen LogP contribution in [0.2, 0.25) is 0 Å². The molecule has 1 aliphatic rings. The van der Waals surface area contributed by atoms with Crippen molar-refractivity contribution in [1.82, 2.24) is 20.5 Å². The number of nitrogens with zero attached hydrogens (tertiary/aromatic N) is 3. The highest BCUT2D eigenvalue weighted by atomic mass is 127. The molecule has 27 heavy (non-hydrogen) atoms. The van der Waals surface area contributed by atoms with Crippen molar-refractivity contribution < 1.29 is 4.79 Å². The average Bonchev–Trinajstić information content (AvgIpc) is 3.22. The minimum atomic E-state index is 0. The van der Waals surface area contributed by atoms with E-state index in [0.29, 0.717) is 0 Å². The quantitative estimate of drug-likeness (QED) is 0.365. The molecule has 8 heteroatoms. The van der Waals surface area contributed by atoms with E-state index in [-0.39, 0.29) is 47.3 Å². The van der Waals surface area contributed by atoms with Crippen LogP contribution < -0.4 is 10.6 Å². The monoisotopic (exact) mass is 507 g/mol. The van der Waals surface area contributed by atoms with Crippen molar-refractivity contribution in [2.45, 2.75) is 58.9 Å². The van der Waals surface area contributed by atoms with Crippen molar-refractivity contribution in [2.75, 3.05) is 26.7 Å². The van der Waals surface area contributed by atoms with Gasteiger partial charge in [0.15, 0.2) is 5.96 Å². The zero-order valence-corrected chi connectivity index (χ0v) is 20.5. The predicted molar refractivity (Wildman–Crippen MR) is 124 cm³/mol. The first-order valence-corrected chi connectivity index (χ1v) is 10.3. The van der Waals surface area contributed by atoms with Crippen LogP contribution in [0, 0.1) is 5.92 Å². The van der Waals surface area contributed by atoms with Gasteiger partial charge in [0.05, 0.1) is 10.7 Å². The molecule has 0 aliphatic carbocycles. The van der Waals surface area contributed by atoms with Gasteiger partial charge in [-0.1, -0.05) is 34.6 Å². The number of likely N-dealkylation sites (tertiary alicyclic amines) is 1. The van der Waals surface area contributed by atoms with Gasteiger partial charge in [0.2, 0.25) is 5.91 Å². The maximum Gasteiger partial charge on any atom is 0.225 e. The lowest BCUT2D eigenvalue weighted by Crippen LogP contribution is -2.45. The Bertz CT molecular complexity index is 638. The lowest BCUT2D eigenvalue weighted by Gasteiger charge is -2.20. The molecule has 0 bridgehead atoms. The summed E-state index contributed by atoms with van der Waals surface area (Å²) in [6.07, 6.45) is 1.84. The minimum absolute atomic E-state index is 0. The molecule has 154 valence electrons. The SMILES string of the molecule is CN=C(NCCc1nc(C(C)(C)C)cs1)NC1CCN(C(=O)C(C)C)C1.I. The fraction of sp³-hybridized carbons (Fsp3) is 0.737. The first-order valence-electron chi connectivity index (χ1n) is 9.41. The van der Waals surface area contributed by atoms with E-state index >= 15 is 0 Å². The summed E-state index contributed by atoms with van der Waals surface area (Å²) in [5, 5.41) is 10.1. The third-order valence-electron chi connectivity index (χ3n) is 4.51. The summed E-state index contributed by atoms with van der Waals surface area (Å²) in [6, 6.07) is 0.260. The number of guanidine groups is 1. The van der Waals surface area contributed by atoms with Crippen LogP contribution in [0.4, 0.5) is 0 Å². The van der Waals surface area contributed by atoms with Crippen LogP contribution >= 0.6 is 35.3 Å². The Morgan fingerprint density at radius 1 is 1.44 bits per heavy atom. The van der Waals surface area contributed by atoms with Gasteiger partial charge < -0.3 is 15.5 Å². The summed E-state index contributed by atoms with van der Waals surface area (Å²) in [4.78, 5) is 23.1. The van der Waals surface area contributed by atoms with Crippen molar-refractivity contribution >= 4 is 47.2 Å². The van der Waals surface area contributed by atoms with Crippen LogP contribution in [0.1, 0.15) is 51.7 Å². The smallest absolute Gasteiger partial charge is 0.225 e. The predicted octanol–water partition coefficient (Wildman–Crippen LogP) is 3.02. The van der Waals surface area contributed by atoms with Gasteiger partial charge in [-0.15, -0.1) is 35.3 Å². The molecular formula is C19H34IN5OS. The summed E-state index contributed by atoms with van der Waals surface area (Å²) in [6.45, 7) is 12.8. The van der Waals surface area contributed by atoms with Crippen molar-refractivity contribution in [1.29, 1.82) is 0 Å². The first kappa shape index (κ1) is 24.1. The van der Waals surface area contributed by atoms with Gasteiger partial charge in [-0.2, -0.15) is 0 Å². The summed E-state index contributed by atoms with van der Waals surface area (Å²) in [5.41, 5.74) is 1.25. The van der Waals surface area contributed by atoms with Crippen LogP contribution in [-0.2, 0) is 16.6 Å². The molecule has 6 nitrogen and oxygen atoms in total. The molecule has 2 heterocycles. The van der Waals surface area contributed by atoms with E-state index in [2.05, 4.69) is 41.8 Å². The minimum Gasteiger partial charge on any atom is -0.356 e. The van der Waals surface area contributed by atoms with Crippen LogP contribution in [0.3, 0.4) is 0 Å². The maximum atomic E-state index is 12.1. The number of carbonyl (C=O) groups is 1. The number of carbonyl (C=O) groups excluding carboxylic acids is 1. The van der Waals surface area contributed by atoms with E-state index in [1.54, 1.807) is 18.4 Å². The van der Waals surface area contributed by atoms with Crippen LogP contribution in [-0.4, -0.2) is 54.5 Å². The molecule has 1 unspecified atom stereocenters. The van der Waals surface area contributed by atoms with E-state index in [0.717, 1.165) is 49.1 Å². The summed E-state index contributed by atoms with van der Waals surface area (Å²) >= 11 is 1.72. The molecule has 1 amide bonds.